The molecule has 1 aromatic rings. The van der Waals surface area contributed by atoms with E-state index >= 15 is 0 Å². The number of benzene rings is 1. The molecule has 3 rings (SSSR count). The van der Waals surface area contributed by atoms with Crippen LogP contribution in [0.15, 0.2) is 73.9 Å². The first-order valence-electron chi connectivity index (χ1n) is 7.22. The molecule has 0 amide bonds. The van der Waals surface area contributed by atoms with E-state index < -0.39 is 33.0 Å². The van der Waals surface area contributed by atoms with Gasteiger partial charge in [-0.1, -0.05) is 18.2 Å². The third kappa shape index (κ3) is 2.60. The molecule has 1 aliphatic carbocycles. The second-order valence-corrected chi connectivity index (χ2v) is 7.36. The quantitative estimate of drug-likeness (QED) is 0.907. The number of hydrogen-bond acceptors (Lipinski definition) is 4. The molecule has 1 aromatic carbocycles. The molecule has 2 aliphatic rings. The van der Waals surface area contributed by atoms with Crippen molar-refractivity contribution in [2.75, 3.05) is 0 Å². The Morgan fingerprint density at radius 2 is 1.96 bits per heavy atom. The summed E-state index contributed by atoms with van der Waals surface area (Å²) in [5, 5.41) is 9.09. The van der Waals surface area contributed by atoms with Gasteiger partial charge in [-0.15, -0.1) is 0 Å². The van der Waals surface area contributed by atoms with Gasteiger partial charge in [0.05, 0.1) is 17.0 Å². The number of carboxylic acids is 1. The summed E-state index contributed by atoms with van der Waals surface area (Å²) in [5.41, 5.74) is 1.14. The number of hydrogen-bond donors (Lipinski definition) is 1. The normalized spacial score (nSPS) is 17.6. The Morgan fingerprint density at radius 3 is 2.58 bits per heavy atom. The second kappa shape index (κ2) is 5.83. The Balaban J connectivity index is 2.27. The van der Waals surface area contributed by atoms with Crippen molar-refractivity contribution in [2.45, 2.75) is 24.7 Å². The first-order chi connectivity index (χ1) is 11.3. The van der Waals surface area contributed by atoms with Crippen molar-refractivity contribution in [3.63, 3.8) is 0 Å². The highest BCUT2D eigenvalue weighted by Crippen LogP contribution is 2.41. The summed E-state index contributed by atoms with van der Waals surface area (Å²) in [6.45, 7) is 1.60. The van der Waals surface area contributed by atoms with E-state index in [4.69, 9.17) is 5.11 Å². The van der Waals surface area contributed by atoms with Gasteiger partial charge >= 0.3 is 5.97 Å². The lowest BCUT2D eigenvalue weighted by molar-refractivity contribution is -0.136. The van der Waals surface area contributed by atoms with Crippen LogP contribution in [-0.4, -0.2) is 25.2 Å². The van der Waals surface area contributed by atoms with Crippen LogP contribution in [0, 0.1) is 0 Å². The number of nitrogens with zero attached hydrogens (tertiary/aromatic N) is 1. The predicted octanol–water partition coefficient (Wildman–Crippen LogP) is 3.17. The van der Waals surface area contributed by atoms with Crippen molar-refractivity contribution in [1.82, 2.24) is 0 Å². The maximum atomic E-state index is 14.5. The van der Waals surface area contributed by atoms with Crippen LogP contribution in [0.4, 0.5) is 4.39 Å². The van der Waals surface area contributed by atoms with Crippen LogP contribution in [0.3, 0.4) is 0 Å². The molecule has 7 heteroatoms. The molecule has 5 nitrogen and oxygen atoms in total. The molecule has 124 valence electrons. The Bertz CT molecular complexity index is 954. The first kappa shape index (κ1) is 16.3. The lowest BCUT2D eigenvalue weighted by Gasteiger charge is -2.18. The number of aliphatic imine (C=N–C) groups is 1. The summed E-state index contributed by atoms with van der Waals surface area (Å²) in [4.78, 5) is 14.8. The fourth-order valence-electron chi connectivity index (χ4n) is 2.84. The molecular weight excluding hydrogens is 333 g/mol. The van der Waals surface area contributed by atoms with Crippen molar-refractivity contribution >= 4 is 21.5 Å². The maximum absolute atomic E-state index is 14.5. The van der Waals surface area contributed by atoms with Gasteiger partial charge in [0.1, 0.15) is 10.7 Å². The van der Waals surface area contributed by atoms with Crippen LogP contribution in [0.25, 0.3) is 0 Å². The number of sulfone groups is 1. The van der Waals surface area contributed by atoms with Gasteiger partial charge in [-0.3, -0.25) is 9.79 Å². The number of allylic oxidation sites excluding steroid dienone is 4. The van der Waals surface area contributed by atoms with E-state index in [-0.39, 0.29) is 22.5 Å². The molecule has 1 aliphatic heterocycles. The largest absolute Gasteiger partial charge is 0.481 e. The van der Waals surface area contributed by atoms with Gasteiger partial charge in [0.2, 0.25) is 9.84 Å². The lowest BCUT2D eigenvalue weighted by Crippen LogP contribution is -2.17. The first-order valence-corrected chi connectivity index (χ1v) is 8.71. The topological polar surface area (TPSA) is 83.8 Å². The third-order valence-corrected chi connectivity index (χ3v) is 5.73. The standard InChI is InChI=1S/C17H14FNO4S/c1-10-12(9-15(20)21)16-14(19-10)8-7-13(18)17(16)24(22,23)11-5-3-2-4-6-11/h2-7H,8-9H2,1H3,(H,20,21). The van der Waals surface area contributed by atoms with Gasteiger partial charge in [0.15, 0.2) is 0 Å². The lowest BCUT2D eigenvalue weighted by atomic mass is 9.94. The highest BCUT2D eigenvalue weighted by Gasteiger charge is 2.37. The number of carboxylic acid groups (broad SMARTS) is 1. The molecule has 0 fully saturated rings. The van der Waals surface area contributed by atoms with Crippen molar-refractivity contribution in [2.24, 2.45) is 4.99 Å². The minimum atomic E-state index is -4.13. The molecule has 1 N–H and O–H groups in total. The molecule has 0 saturated carbocycles. The number of carbonyl (C=O) groups is 1. The monoisotopic (exact) mass is 347 g/mol. The van der Waals surface area contributed by atoms with Gasteiger partial charge in [0.25, 0.3) is 0 Å². The van der Waals surface area contributed by atoms with Gasteiger partial charge in [-0.05, 0) is 30.7 Å². The summed E-state index contributed by atoms with van der Waals surface area (Å²) in [7, 11) is -4.13. The van der Waals surface area contributed by atoms with Crippen LogP contribution >= 0.6 is 0 Å². The fraction of sp³-hybridized carbons (Fsp3) is 0.176. The molecule has 0 spiro atoms. The molecule has 0 bridgehead atoms. The summed E-state index contributed by atoms with van der Waals surface area (Å²) in [6, 6.07) is 7.51. The van der Waals surface area contributed by atoms with E-state index in [0.29, 0.717) is 11.4 Å². The Morgan fingerprint density at radius 1 is 1.29 bits per heavy atom. The zero-order valence-corrected chi connectivity index (χ0v) is 13.6. The Hall–Kier alpha value is -2.54. The van der Waals surface area contributed by atoms with Crippen LogP contribution in [0.5, 0.6) is 0 Å². The molecule has 1 heterocycles. The molecule has 24 heavy (non-hydrogen) atoms. The van der Waals surface area contributed by atoms with E-state index in [1.165, 1.54) is 12.1 Å². The molecule has 0 aromatic heterocycles. The summed E-state index contributed by atoms with van der Waals surface area (Å²) < 4.78 is 40.3. The van der Waals surface area contributed by atoms with Gasteiger partial charge in [0, 0.05) is 17.7 Å². The smallest absolute Gasteiger partial charge is 0.307 e. The molecule has 0 radical (unpaired) electrons. The molecular formula is C17H14FNO4S. The highest BCUT2D eigenvalue weighted by atomic mass is 32.2. The zero-order chi connectivity index (χ0) is 17.5. The summed E-state index contributed by atoms with van der Waals surface area (Å²) in [6.07, 6.45) is 0.889. The van der Waals surface area contributed by atoms with Crippen LogP contribution in [0.2, 0.25) is 0 Å². The van der Waals surface area contributed by atoms with E-state index in [0.717, 1.165) is 6.08 Å². The van der Waals surface area contributed by atoms with Gasteiger partial charge < -0.3 is 5.11 Å². The minimum Gasteiger partial charge on any atom is -0.481 e. The fourth-order valence-corrected chi connectivity index (χ4v) is 4.44. The van der Waals surface area contributed by atoms with E-state index in [1.54, 1.807) is 25.1 Å². The molecule has 0 unspecified atom stereocenters. The van der Waals surface area contributed by atoms with Crippen LogP contribution in [0.1, 0.15) is 19.8 Å². The average molecular weight is 347 g/mol. The number of halogens is 1. The zero-order valence-electron chi connectivity index (χ0n) is 12.8. The van der Waals surface area contributed by atoms with Gasteiger partial charge in [-0.25, -0.2) is 12.8 Å². The molecule has 0 atom stereocenters. The number of rotatable bonds is 4. The number of aliphatic carboxylic acids is 1. The van der Waals surface area contributed by atoms with Gasteiger partial charge in [-0.2, -0.15) is 0 Å². The summed E-state index contributed by atoms with van der Waals surface area (Å²) >= 11 is 0. The SMILES string of the molecule is CC1=C(CC(=O)O)C2=C(S(=O)(=O)c3ccccc3)C(F)=CCC2=N1. The summed E-state index contributed by atoms with van der Waals surface area (Å²) in [5.74, 6) is -2.00. The minimum absolute atomic E-state index is 0.0449. The van der Waals surface area contributed by atoms with Crippen molar-refractivity contribution in [1.29, 1.82) is 0 Å². The van der Waals surface area contributed by atoms with Crippen LogP contribution in [-0.2, 0) is 14.6 Å². The van der Waals surface area contributed by atoms with Crippen molar-refractivity contribution < 1.29 is 22.7 Å². The van der Waals surface area contributed by atoms with Crippen molar-refractivity contribution in [3.05, 3.63) is 64.0 Å². The maximum Gasteiger partial charge on any atom is 0.307 e. The van der Waals surface area contributed by atoms with E-state index in [9.17, 15) is 17.6 Å². The average Bonchev–Trinajstić information content (AvgIpc) is 2.83. The Labute approximate surface area is 138 Å². The second-order valence-electron chi connectivity index (χ2n) is 5.47. The van der Waals surface area contributed by atoms with E-state index in [1.807, 2.05) is 0 Å². The van der Waals surface area contributed by atoms with Crippen LogP contribution < -0.4 is 0 Å². The van der Waals surface area contributed by atoms with Crippen molar-refractivity contribution in [3.8, 4) is 0 Å². The highest BCUT2D eigenvalue weighted by molar-refractivity contribution is 7.95. The predicted molar refractivity (Wildman–Crippen MR) is 86.8 cm³/mol. The third-order valence-electron chi connectivity index (χ3n) is 3.90. The Kier molecular flexibility index (Phi) is 3.96. The molecule has 0 saturated heterocycles. The van der Waals surface area contributed by atoms with E-state index in [2.05, 4.69) is 4.99 Å². The number of fused-ring (bicyclic) bond motifs is 1.